The van der Waals surface area contributed by atoms with Crippen LogP contribution in [0.3, 0.4) is 0 Å². The number of rotatable bonds is 6. The van der Waals surface area contributed by atoms with Crippen molar-refractivity contribution in [3.05, 3.63) is 68.5 Å². The third-order valence-corrected chi connectivity index (χ3v) is 6.07. The minimum atomic E-state index is -3.66. The van der Waals surface area contributed by atoms with Crippen molar-refractivity contribution in [2.45, 2.75) is 13.3 Å². The molecule has 0 aliphatic carbocycles. The average Bonchev–Trinajstić information content (AvgIpc) is 2.72. The summed E-state index contributed by atoms with van der Waals surface area (Å²) < 4.78 is 38.7. The molecule has 9 nitrogen and oxygen atoms in total. The van der Waals surface area contributed by atoms with Crippen molar-refractivity contribution in [2.75, 3.05) is 25.9 Å². The molecular formula is C21H23ClN3NaO6S. The topological polar surface area (TPSA) is 118 Å². The second-order valence-electron chi connectivity index (χ2n) is 7.22. The van der Waals surface area contributed by atoms with Gasteiger partial charge in [0.1, 0.15) is 5.58 Å². The van der Waals surface area contributed by atoms with Gasteiger partial charge in [0.25, 0.3) is 10.2 Å². The van der Waals surface area contributed by atoms with Gasteiger partial charge in [-0.3, -0.25) is 4.72 Å². The fourth-order valence-electron chi connectivity index (χ4n) is 3.01. The van der Waals surface area contributed by atoms with Crippen molar-refractivity contribution in [3.63, 3.8) is 0 Å². The standard InChI is InChI=1S/C21H22ClN3O6S.Na.H/c1-12-15-10-17(22)19(31-21(27)25(3)4)11-18(15)30-20(26)16(12)9-13-6-5-7-14(8-13)24-32(28,29)23-2;;/h5-8,10-11,23-24H,9H2,1-4H3;;. The molecular weight excluding hydrogens is 481 g/mol. The van der Waals surface area contributed by atoms with Gasteiger partial charge in [-0.2, -0.15) is 8.42 Å². The van der Waals surface area contributed by atoms with Gasteiger partial charge in [-0.1, -0.05) is 23.7 Å². The molecule has 0 unspecified atom stereocenters. The molecule has 2 N–H and O–H groups in total. The van der Waals surface area contributed by atoms with Gasteiger partial charge in [0.05, 0.1) is 10.7 Å². The number of amides is 1. The monoisotopic (exact) mass is 503 g/mol. The van der Waals surface area contributed by atoms with Crippen LogP contribution in [0, 0.1) is 6.92 Å². The zero-order chi connectivity index (χ0) is 23.6. The molecule has 3 rings (SSSR count). The van der Waals surface area contributed by atoms with Gasteiger partial charge in [-0.25, -0.2) is 14.3 Å². The van der Waals surface area contributed by atoms with Crippen molar-refractivity contribution in [1.82, 2.24) is 9.62 Å². The summed E-state index contributed by atoms with van der Waals surface area (Å²) >= 11 is 6.29. The van der Waals surface area contributed by atoms with Gasteiger partial charge < -0.3 is 14.1 Å². The Kier molecular flexibility index (Phi) is 8.97. The van der Waals surface area contributed by atoms with E-state index in [2.05, 4.69) is 9.44 Å². The van der Waals surface area contributed by atoms with Crippen LogP contribution in [-0.2, 0) is 16.6 Å². The summed E-state index contributed by atoms with van der Waals surface area (Å²) in [5.74, 6) is 0.0812. The van der Waals surface area contributed by atoms with Crippen molar-refractivity contribution in [3.8, 4) is 5.75 Å². The van der Waals surface area contributed by atoms with Crippen LogP contribution in [0.1, 0.15) is 16.7 Å². The molecule has 0 aliphatic rings. The maximum absolute atomic E-state index is 12.7. The first-order valence-corrected chi connectivity index (χ1v) is 11.3. The quantitative estimate of drug-likeness (QED) is 0.394. The first-order valence-electron chi connectivity index (χ1n) is 9.46. The molecule has 0 saturated heterocycles. The van der Waals surface area contributed by atoms with E-state index >= 15 is 0 Å². The van der Waals surface area contributed by atoms with Gasteiger partial charge in [0, 0.05) is 44.6 Å². The summed E-state index contributed by atoms with van der Waals surface area (Å²) in [5, 5.41) is 0.792. The van der Waals surface area contributed by atoms with Crippen molar-refractivity contribution in [1.29, 1.82) is 0 Å². The van der Waals surface area contributed by atoms with E-state index in [4.69, 9.17) is 20.8 Å². The Morgan fingerprint density at radius 2 is 1.91 bits per heavy atom. The number of ether oxygens (including phenoxy) is 1. The predicted octanol–water partition coefficient (Wildman–Crippen LogP) is 2.63. The first kappa shape index (κ1) is 27.2. The Morgan fingerprint density at radius 3 is 2.55 bits per heavy atom. The zero-order valence-electron chi connectivity index (χ0n) is 17.9. The van der Waals surface area contributed by atoms with E-state index in [-0.39, 0.29) is 52.3 Å². The van der Waals surface area contributed by atoms with Gasteiger partial charge in [-0.05, 0) is 36.2 Å². The van der Waals surface area contributed by atoms with Crippen LogP contribution in [0.15, 0.2) is 45.6 Å². The molecule has 1 heterocycles. The summed E-state index contributed by atoms with van der Waals surface area (Å²) in [6.07, 6.45) is -0.399. The fourth-order valence-corrected chi connectivity index (χ4v) is 3.75. The van der Waals surface area contributed by atoms with Crippen molar-refractivity contribution < 1.29 is 22.4 Å². The number of carbonyl (C=O) groups excluding carboxylic acids is 1. The number of fused-ring (bicyclic) bond motifs is 1. The van der Waals surface area contributed by atoms with Gasteiger partial charge in [0.2, 0.25) is 0 Å². The van der Waals surface area contributed by atoms with E-state index in [1.807, 2.05) is 0 Å². The number of hydrogen-bond acceptors (Lipinski definition) is 6. The molecule has 0 atom stereocenters. The number of halogens is 1. The molecule has 172 valence electrons. The molecule has 12 heteroatoms. The Labute approximate surface area is 218 Å². The van der Waals surface area contributed by atoms with Crippen LogP contribution >= 0.6 is 11.6 Å². The van der Waals surface area contributed by atoms with E-state index in [0.717, 1.165) is 0 Å². The molecule has 0 spiro atoms. The number of anilines is 1. The van der Waals surface area contributed by atoms with E-state index in [9.17, 15) is 18.0 Å². The summed E-state index contributed by atoms with van der Waals surface area (Å²) in [6, 6.07) is 9.68. The molecule has 2 aromatic carbocycles. The van der Waals surface area contributed by atoms with Crippen LogP contribution < -0.4 is 19.8 Å². The average molecular weight is 504 g/mol. The summed E-state index contributed by atoms with van der Waals surface area (Å²) in [7, 11) is 0.704. The summed E-state index contributed by atoms with van der Waals surface area (Å²) in [5.41, 5.74) is 1.81. The van der Waals surface area contributed by atoms with Crippen LogP contribution in [0.5, 0.6) is 5.75 Å². The van der Waals surface area contributed by atoms with Gasteiger partial charge in [-0.15, -0.1) is 0 Å². The Hall–Kier alpha value is -2.08. The first-order chi connectivity index (χ1) is 15.0. The number of aryl methyl sites for hydroxylation is 1. The van der Waals surface area contributed by atoms with E-state index in [1.54, 1.807) is 37.3 Å². The molecule has 0 fully saturated rings. The van der Waals surface area contributed by atoms with E-state index in [0.29, 0.717) is 27.8 Å². The van der Waals surface area contributed by atoms with Crippen molar-refractivity contribution >= 4 is 74.1 Å². The van der Waals surface area contributed by atoms with Gasteiger partial charge >= 0.3 is 41.3 Å². The maximum atomic E-state index is 12.7. The zero-order valence-corrected chi connectivity index (χ0v) is 19.4. The van der Waals surface area contributed by atoms with E-state index in [1.165, 1.54) is 32.1 Å². The number of benzene rings is 2. The number of nitrogens with one attached hydrogen (secondary N) is 2. The fraction of sp³-hybridized carbons (Fsp3) is 0.238. The second-order valence-corrected chi connectivity index (χ2v) is 9.25. The van der Waals surface area contributed by atoms with Crippen LogP contribution in [0.2, 0.25) is 5.02 Å². The molecule has 1 amide bonds. The normalized spacial score (nSPS) is 11.1. The predicted molar refractivity (Wildman–Crippen MR) is 130 cm³/mol. The second kappa shape index (κ2) is 10.9. The van der Waals surface area contributed by atoms with Crippen molar-refractivity contribution in [2.24, 2.45) is 0 Å². The van der Waals surface area contributed by atoms with E-state index < -0.39 is 21.9 Å². The molecule has 0 bridgehead atoms. The summed E-state index contributed by atoms with van der Waals surface area (Å²) in [6.45, 7) is 1.77. The number of nitrogens with zero attached hydrogens (tertiary/aromatic N) is 1. The molecule has 1 aromatic heterocycles. The third-order valence-electron chi connectivity index (χ3n) is 4.73. The Balaban J connectivity index is 0.00000385. The molecule has 0 saturated carbocycles. The molecule has 33 heavy (non-hydrogen) atoms. The minimum absolute atomic E-state index is 0. The Bertz CT molecular complexity index is 1360. The molecule has 3 aromatic rings. The van der Waals surface area contributed by atoms with Crippen LogP contribution in [0.4, 0.5) is 10.5 Å². The van der Waals surface area contributed by atoms with Gasteiger partial charge in [0.15, 0.2) is 5.75 Å². The van der Waals surface area contributed by atoms with Crippen LogP contribution in [0.25, 0.3) is 11.0 Å². The van der Waals surface area contributed by atoms with Crippen LogP contribution in [-0.4, -0.2) is 70.1 Å². The summed E-state index contributed by atoms with van der Waals surface area (Å²) in [4.78, 5) is 25.8. The molecule has 0 aliphatic heterocycles. The number of carbonyl (C=O) groups is 1. The molecule has 0 radical (unpaired) electrons. The Morgan fingerprint density at radius 1 is 1.21 bits per heavy atom. The SMILES string of the molecule is CNS(=O)(=O)Nc1cccc(Cc2c(C)c3cc(Cl)c(OC(=O)N(C)C)cc3oc2=O)c1.[NaH]. The number of hydrogen-bond donors (Lipinski definition) is 2. The third kappa shape index (κ3) is 6.50.